The number of rotatable bonds is 4. The van der Waals surface area contributed by atoms with Crippen molar-refractivity contribution in [2.75, 3.05) is 18.4 Å². The molecule has 1 unspecified atom stereocenters. The molecule has 0 radical (unpaired) electrons. The molecule has 1 aliphatic heterocycles. The molecule has 9 heteroatoms. The standard InChI is InChI=1S/C22H31N5O4/c1-14-7-6-8-16(13-14)15(2)23-18-24-19(28)27(20(29)25-18)17-9-11-26(12-10-17)21(30)31-22(3,4)5/h6-8,13,15,17H,9-12H2,1-5H3,(H2,23,24,25,28,29). The third kappa shape index (κ3) is 5.74. The Labute approximate surface area is 181 Å². The first-order chi connectivity index (χ1) is 14.5. The number of carbonyl (C=O) groups is 1. The summed E-state index contributed by atoms with van der Waals surface area (Å²) in [4.78, 5) is 45.8. The number of hydrogen-bond donors (Lipinski definition) is 2. The van der Waals surface area contributed by atoms with Crippen LogP contribution in [0.25, 0.3) is 0 Å². The van der Waals surface area contributed by atoms with E-state index in [1.165, 1.54) is 0 Å². The highest BCUT2D eigenvalue weighted by molar-refractivity contribution is 5.68. The summed E-state index contributed by atoms with van der Waals surface area (Å²) in [6, 6.07) is 7.53. The number of piperidine rings is 1. The average Bonchev–Trinajstić information content (AvgIpc) is 2.66. The van der Waals surface area contributed by atoms with Crippen molar-refractivity contribution in [3.8, 4) is 0 Å². The third-order valence-corrected chi connectivity index (χ3v) is 5.23. The second-order valence-electron chi connectivity index (χ2n) is 9.02. The molecule has 0 saturated carbocycles. The van der Waals surface area contributed by atoms with Gasteiger partial charge in [-0.15, -0.1) is 0 Å². The summed E-state index contributed by atoms with van der Waals surface area (Å²) in [6.45, 7) is 10.2. The van der Waals surface area contributed by atoms with Gasteiger partial charge in [0.15, 0.2) is 0 Å². The van der Waals surface area contributed by atoms with Gasteiger partial charge in [-0.05, 0) is 53.0 Å². The summed E-state index contributed by atoms with van der Waals surface area (Å²) in [5.41, 5.74) is 0.486. The van der Waals surface area contributed by atoms with Crippen LogP contribution in [0, 0.1) is 6.92 Å². The van der Waals surface area contributed by atoms with Crippen molar-refractivity contribution in [1.82, 2.24) is 19.4 Å². The summed E-state index contributed by atoms with van der Waals surface area (Å²) in [7, 11) is 0. The Morgan fingerprint density at radius 1 is 1.26 bits per heavy atom. The molecule has 0 bridgehead atoms. The molecule has 1 fully saturated rings. The molecule has 3 rings (SSSR count). The Kier molecular flexibility index (Phi) is 6.52. The number of carbonyl (C=O) groups excluding carboxylic acids is 1. The number of H-pyrrole nitrogens is 1. The number of aryl methyl sites for hydroxylation is 1. The van der Waals surface area contributed by atoms with Crippen LogP contribution in [-0.4, -0.2) is 44.2 Å². The van der Waals surface area contributed by atoms with Crippen molar-refractivity contribution in [3.05, 3.63) is 56.4 Å². The van der Waals surface area contributed by atoms with Gasteiger partial charge in [0.1, 0.15) is 5.60 Å². The molecular formula is C22H31N5O4. The fourth-order valence-corrected chi connectivity index (χ4v) is 3.68. The summed E-state index contributed by atoms with van der Waals surface area (Å²) in [6.07, 6.45) is 0.585. The van der Waals surface area contributed by atoms with Crippen molar-refractivity contribution < 1.29 is 9.53 Å². The molecule has 168 valence electrons. The predicted octanol–water partition coefficient (Wildman–Crippen LogP) is 2.99. The van der Waals surface area contributed by atoms with Crippen LogP contribution in [-0.2, 0) is 4.74 Å². The first-order valence-electron chi connectivity index (χ1n) is 10.6. The molecule has 1 saturated heterocycles. The number of anilines is 1. The summed E-state index contributed by atoms with van der Waals surface area (Å²) < 4.78 is 6.54. The molecule has 0 spiro atoms. The smallest absolute Gasteiger partial charge is 0.410 e. The van der Waals surface area contributed by atoms with Crippen molar-refractivity contribution in [2.45, 2.75) is 65.1 Å². The monoisotopic (exact) mass is 429 g/mol. The largest absolute Gasteiger partial charge is 0.444 e. The summed E-state index contributed by atoms with van der Waals surface area (Å²) >= 11 is 0. The molecule has 1 atom stereocenters. The first-order valence-corrected chi connectivity index (χ1v) is 10.6. The first kappa shape index (κ1) is 22.6. The van der Waals surface area contributed by atoms with Gasteiger partial charge < -0.3 is 15.0 Å². The van der Waals surface area contributed by atoms with Crippen LogP contribution in [0.4, 0.5) is 10.7 Å². The fraction of sp³-hybridized carbons (Fsp3) is 0.545. The van der Waals surface area contributed by atoms with Gasteiger partial charge in [-0.2, -0.15) is 4.98 Å². The highest BCUT2D eigenvalue weighted by Gasteiger charge is 2.29. The van der Waals surface area contributed by atoms with E-state index < -0.39 is 17.0 Å². The van der Waals surface area contributed by atoms with E-state index in [4.69, 9.17) is 4.74 Å². The lowest BCUT2D eigenvalue weighted by Gasteiger charge is -2.33. The van der Waals surface area contributed by atoms with E-state index >= 15 is 0 Å². The lowest BCUT2D eigenvalue weighted by molar-refractivity contribution is 0.0186. The molecule has 1 aromatic heterocycles. The molecule has 9 nitrogen and oxygen atoms in total. The van der Waals surface area contributed by atoms with E-state index in [2.05, 4.69) is 15.3 Å². The van der Waals surface area contributed by atoms with Gasteiger partial charge in [0.2, 0.25) is 5.95 Å². The van der Waals surface area contributed by atoms with Gasteiger partial charge in [0.05, 0.1) is 6.04 Å². The lowest BCUT2D eigenvalue weighted by atomic mass is 10.1. The third-order valence-electron chi connectivity index (χ3n) is 5.23. The van der Waals surface area contributed by atoms with Gasteiger partial charge >= 0.3 is 17.5 Å². The fourth-order valence-electron chi connectivity index (χ4n) is 3.68. The zero-order valence-electron chi connectivity index (χ0n) is 18.8. The van der Waals surface area contributed by atoms with Gasteiger partial charge in [-0.3, -0.25) is 4.98 Å². The van der Waals surface area contributed by atoms with E-state index in [-0.39, 0.29) is 24.1 Å². The maximum atomic E-state index is 12.7. The Morgan fingerprint density at radius 3 is 2.52 bits per heavy atom. The van der Waals surface area contributed by atoms with Crippen LogP contribution in [0.15, 0.2) is 33.9 Å². The van der Waals surface area contributed by atoms with Gasteiger partial charge in [-0.25, -0.2) is 19.0 Å². The SMILES string of the molecule is Cc1cccc(C(C)Nc2nc(=O)n(C3CCN(C(=O)OC(C)(C)C)CC3)c(=O)[nH]2)c1. The van der Waals surface area contributed by atoms with E-state index in [0.717, 1.165) is 15.7 Å². The lowest BCUT2D eigenvalue weighted by Crippen LogP contribution is -2.47. The van der Waals surface area contributed by atoms with E-state index in [1.54, 1.807) is 4.90 Å². The number of aromatic amines is 1. The van der Waals surface area contributed by atoms with E-state index in [9.17, 15) is 14.4 Å². The maximum absolute atomic E-state index is 12.7. The highest BCUT2D eigenvalue weighted by atomic mass is 16.6. The number of amides is 1. The van der Waals surface area contributed by atoms with Crippen molar-refractivity contribution in [1.29, 1.82) is 0 Å². The second kappa shape index (κ2) is 8.95. The van der Waals surface area contributed by atoms with Crippen LogP contribution < -0.4 is 16.7 Å². The molecule has 1 amide bonds. The molecule has 0 aliphatic carbocycles. The molecule has 2 aromatic rings. The predicted molar refractivity (Wildman–Crippen MR) is 118 cm³/mol. The maximum Gasteiger partial charge on any atom is 0.410 e. The number of ether oxygens (including phenoxy) is 1. The highest BCUT2D eigenvalue weighted by Crippen LogP contribution is 2.22. The number of nitrogens with zero attached hydrogens (tertiary/aromatic N) is 3. The van der Waals surface area contributed by atoms with Crippen LogP contribution in [0.5, 0.6) is 0 Å². The molecule has 1 aliphatic rings. The van der Waals surface area contributed by atoms with E-state index in [0.29, 0.717) is 25.9 Å². The van der Waals surface area contributed by atoms with Crippen LogP contribution >= 0.6 is 0 Å². The topological polar surface area (TPSA) is 109 Å². The Hall–Kier alpha value is -3.10. The molecular weight excluding hydrogens is 398 g/mol. The van der Waals surface area contributed by atoms with Gasteiger partial charge in [0.25, 0.3) is 0 Å². The Balaban J connectivity index is 1.68. The van der Waals surface area contributed by atoms with E-state index in [1.807, 2.05) is 58.9 Å². The number of benzene rings is 1. The zero-order chi connectivity index (χ0) is 22.8. The minimum Gasteiger partial charge on any atom is -0.444 e. The molecule has 31 heavy (non-hydrogen) atoms. The van der Waals surface area contributed by atoms with Gasteiger partial charge in [0, 0.05) is 19.1 Å². The van der Waals surface area contributed by atoms with Crippen molar-refractivity contribution in [2.24, 2.45) is 0 Å². The Bertz CT molecular complexity index is 1010. The van der Waals surface area contributed by atoms with Crippen LogP contribution in [0.1, 0.15) is 63.7 Å². The molecule has 2 heterocycles. The number of nitrogens with one attached hydrogen (secondary N) is 2. The summed E-state index contributed by atoms with van der Waals surface area (Å²) in [5.74, 6) is 0.145. The van der Waals surface area contributed by atoms with Gasteiger partial charge in [-0.1, -0.05) is 29.8 Å². The number of likely N-dealkylation sites (tertiary alicyclic amines) is 1. The molecule has 2 N–H and O–H groups in total. The number of hydrogen-bond acceptors (Lipinski definition) is 6. The van der Waals surface area contributed by atoms with Crippen molar-refractivity contribution in [3.63, 3.8) is 0 Å². The average molecular weight is 430 g/mol. The molecule has 1 aromatic carbocycles. The van der Waals surface area contributed by atoms with Crippen LogP contribution in [0.3, 0.4) is 0 Å². The normalized spacial score (nSPS) is 16.1. The Morgan fingerprint density at radius 2 is 1.94 bits per heavy atom. The minimum absolute atomic E-state index is 0.129. The quantitative estimate of drug-likeness (QED) is 0.773. The van der Waals surface area contributed by atoms with Crippen LogP contribution in [0.2, 0.25) is 0 Å². The number of aromatic nitrogens is 3. The minimum atomic E-state index is -0.599. The summed E-state index contributed by atoms with van der Waals surface area (Å²) in [5, 5.41) is 3.09. The van der Waals surface area contributed by atoms with Crippen molar-refractivity contribution >= 4 is 12.0 Å². The zero-order valence-corrected chi connectivity index (χ0v) is 18.8. The second-order valence-corrected chi connectivity index (χ2v) is 9.02.